The smallest absolute Gasteiger partial charge is 0.323 e. The maximum Gasteiger partial charge on any atom is 0.325 e. The first-order chi connectivity index (χ1) is 12.7. The third kappa shape index (κ3) is 3.64. The summed E-state index contributed by atoms with van der Waals surface area (Å²) < 4.78 is 13.1. The molecule has 1 saturated heterocycles. The van der Waals surface area contributed by atoms with Crippen LogP contribution in [0.2, 0.25) is 5.02 Å². The largest absolute Gasteiger partial charge is 0.325 e. The topological polar surface area (TPSA) is 78.5 Å². The first-order valence-corrected chi connectivity index (χ1v) is 8.54. The molecule has 8 heteroatoms. The summed E-state index contributed by atoms with van der Waals surface area (Å²) in [6, 6.07) is 9.66. The Morgan fingerprint density at radius 3 is 2.52 bits per heavy atom. The van der Waals surface area contributed by atoms with Crippen molar-refractivity contribution in [2.45, 2.75) is 19.4 Å². The second-order valence-corrected chi connectivity index (χ2v) is 6.89. The van der Waals surface area contributed by atoms with Gasteiger partial charge in [-0.3, -0.25) is 14.5 Å². The number of nitrogens with zero attached hydrogens (tertiary/aromatic N) is 1. The zero-order valence-corrected chi connectivity index (χ0v) is 15.4. The number of hydrogen-bond donors (Lipinski definition) is 2. The van der Waals surface area contributed by atoms with Gasteiger partial charge in [0.15, 0.2) is 0 Å². The van der Waals surface area contributed by atoms with Crippen molar-refractivity contribution in [2.24, 2.45) is 0 Å². The van der Waals surface area contributed by atoms with Crippen molar-refractivity contribution in [3.8, 4) is 0 Å². The molecule has 6 nitrogen and oxygen atoms in total. The Hall–Kier alpha value is -2.93. The lowest BCUT2D eigenvalue weighted by atomic mass is 9.92. The SMILES string of the molecule is Cc1ccc(NC(=O)CN2C(=O)NC(C)(c3ccc(F)cc3)C2=O)c(Cl)c1. The van der Waals surface area contributed by atoms with E-state index in [2.05, 4.69) is 10.6 Å². The Kier molecular flexibility index (Phi) is 4.89. The molecule has 1 unspecified atom stereocenters. The molecule has 0 bridgehead atoms. The molecule has 4 amide bonds. The van der Waals surface area contributed by atoms with E-state index < -0.39 is 35.7 Å². The molecule has 0 spiro atoms. The van der Waals surface area contributed by atoms with E-state index in [0.717, 1.165) is 10.5 Å². The molecule has 0 aromatic heterocycles. The fourth-order valence-electron chi connectivity index (χ4n) is 2.87. The van der Waals surface area contributed by atoms with E-state index in [0.29, 0.717) is 16.3 Å². The summed E-state index contributed by atoms with van der Waals surface area (Å²) in [5.74, 6) is -1.61. The summed E-state index contributed by atoms with van der Waals surface area (Å²) >= 11 is 6.08. The Bertz CT molecular complexity index is 932. The van der Waals surface area contributed by atoms with Crippen molar-refractivity contribution in [3.63, 3.8) is 0 Å². The van der Waals surface area contributed by atoms with Gasteiger partial charge >= 0.3 is 6.03 Å². The summed E-state index contributed by atoms with van der Waals surface area (Å²) in [4.78, 5) is 38.1. The number of anilines is 1. The first-order valence-electron chi connectivity index (χ1n) is 8.17. The molecule has 1 atom stereocenters. The number of benzene rings is 2. The maximum atomic E-state index is 13.1. The van der Waals surface area contributed by atoms with Crippen LogP contribution in [0.15, 0.2) is 42.5 Å². The molecule has 1 aliphatic rings. The summed E-state index contributed by atoms with van der Waals surface area (Å²) in [5, 5.41) is 5.51. The van der Waals surface area contributed by atoms with E-state index in [4.69, 9.17) is 11.6 Å². The predicted octanol–water partition coefficient (Wildman–Crippen LogP) is 3.19. The second kappa shape index (κ2) is 7.00. The van der Waals surface area contributed by atoms with Crippen LogP contribution in [0.25, 0.3) is 0 Å². The van der Waals surface area contributed by atoms with Crippen molar-refractivity contribution >= 4 is 35.1 Å². The van der Waals surface area contributed by atoms with Crippen LogP contribution in [-0.2, 0) is 15.1 Å². The molecule has 2 aromatic carbocycles. The van der Waals surface area contributed by atoms with Gasteiger partial charge < -0.3 is 10.6 Å². The van der Waals surface area contributed by atoms with Gasteiger partial charge in [-0.2, -0.15) is 0 Å². The molecular weight excluding hydrogens is 373 g/mol. The summed E-state index contributed by atoms with van der Waals surface area (Å²) in [7, 11) is 0. The van der Waals surface area contributed by atoms with Crippen molar-refractivity contribution < 1.29 is 18.8 Å². The average Bonchev–Trinajstić information content (AvgIpc) is 2.82. The van der Waals surface area contributed by atoms with Crippen molar-refractivity contribution in [2.75, 3.05) is 11.9 Å². The van der Waals surface area contributed by atoms with Crippen LogP contribution in [0.5, 0.6) is 0 Å². The second-order valence-electron chi connectivity index (χ2n) is 6.48. The minimum Gasteiger partial charge on any atom is -0.323 e. The van der Waals surface area contributed by atoms with Gasteiger partial charge in [-0.05, 0) is 49.2 Å². The van der Waals surface area contributed by atoms with Gasteiger partial charge in [0, 0.05) is 0 Å². The number of urea groups is 1. The fraction of sp³-hybridized carbons (Fsp3) is 0.211. The quantitative estimate of drug-likeness (QED) is 0.788. The molecule has 0 saturated carbocycles. The molecule has 27 heavy (non-hydrogen) atoms. The maximum absolute atomic E-state index is 13.1. The molecule has 1 fully saturated rings. The number of nitrogens with one attached hydrogen (secondary N) is 2. The normalized spacial score (nSPS) is 19.2. The number of carbonyl (C=O) groups excluding carboxylic acids is 3. The lowest BCUT2D eigenvalue weighted by molar-refractivity contribution is -0.133. The van der Waals surface area contributed by atoms with Gasteiger partial charge in [0.2, 0.25) is 5.91 Å². The Morgan fingerprint density at radius 1 is 1.22 bits per heavy atom. The summed E-state index contributed by atoms with van der Waals surface area (Å²) in [6.45, 7) is 2.90. The molecule has 3 rings (SSSR count). The lowest BCUT2D eigenvalue weighted by Crippen LogP contribution is -2.42. The Labute approximate surface area is 160 Å². The summed E-state index contributed by atoms with van der Waals surface area (Å²) in [5.41, 5.74) is 0.376. The van der Waals surface area contributed by atoms with E-state index in [-0.39, 0.29) is 0 Å². The van der Waals surface area contributed by atoms with Gasteiger partial charge in [-0.15, -0.1) is 0 Å². The molecule has 1 aliphatic heterocycles. The number of aryl methyl sites for hydroxylation is 1. The van der Waals surface area contributed by atoms with Crippen LogP contribution in [0.3, 0.4) is 0 Å². The lowest BCUT2D eigenvalue weighted by Gasteiger charge is -2.22. The van der Waals surface area contributed by atoms with Crippen LogP contribution in [0, 0.1) is 12.7 Å². The van der Waals surface area contributed by atoms with Crippen molar-refractivity contribution in [1.29, 1.82) is 0 Å². The van der Waals surface area contributed by atoms with Gasteiger partial charge in [0.25, 0.3) is 5.91 Å². The molecular formula is C19H17ClFN3O3. The van der Waals surface area contributed by atoms with Gasteiger partial charge in [-0.1, -0.05) is 29.8 Å². The minimum atomic E-state index is -1.37. The highest BCUT2D eigenvalue weighted by Crippen LogP contribution is 2.29. The van der Waals surface area contributed by atoms with Crippen LogP contribution < -0.4 is 10.6 Å². The number of rotatable bonds is 4. The fourth-order valence-corrected chi connectivity index (χ4v) is 3.16. The van der Waals surface area contributed by atoms with E-state index in [1.807, 2.05) is 6.92 Å². The Morgan fingerprint density at radius 2 is 1.89 bits per heavy atom. The number of carbonyl (C=O) groups is 3. The first kappa shape index (κ1) is 18.8. The van der Waals surface area contributed by atoms with Crippen LogP contribution in [0.1, 0.15) is 18.1 Å². The number of imide groups is 1. The van der Waals surface area contributed by atoms with Crippen LogP contribution in [-0.4, -0.2) is 29.3 Å². The molecule has 140 valence electrons. The molecule has 0 radical (unpaired) electrons. The van der Waals surface area contributed by atoms with E-state index >= 15 is 0 Å². The van der Waals surface area contributed by atoms with Gasteiger partial charge in [-0.25, -0.2) is 9.18 Å². The third-order valence-corrected chi connectivity index (χ3v) is 4.71. The highest BCUT2D eigenvalue weighted by Gasteiger charge is 2.49. The zero-order chi connectivity index (χ0) is 19.8. The van der Waals surface area contributed by atoms with Crippen LogP contribution in [0.4, 0.5) is 14.9 Å². The van der Waals surface area contributed by atoms with E-state index in [1.165, 1.54) is 31.2 Å². The molecule has 2 N–H and O–H groups in total. The minimum absolute atomic E-state index is 0.358. The third-order valence-electron chi connectivity index (χ3n) is 4.40. The van der Waals surface area contributed by atoms with Gasteiger partial charge in [0.05, 0.1) is 10.7 Å². The van der Waals surface area contributed by atoms with Crippen LogP contribution >= 0.6 is 11.6 Å². The standard InChI is InChI=1S/C19H17ClFN3O3/c1-11-3-8-15(14(20)9-11)22-16(25)10-24-17(26)19(2,23-18(24)27)12-4-6-13(21)7-5-12/h3-9H,10H2,1-2H3,(H,22,25)(H,23,27). The van der Waals surface area contributed by atoms with Crippen molar-refractivity contribution in [3.05, 3.63) is 64.4 Å². The summed E-state index contributed by atoms with van der Waals surface area (Å²) in [6.07, 6.45) is 0. The van der Waals surface area contributed by atoms with E-state index in [9.17, 15) is 18.8 Å². The molecule has 1 heterocycles. The highest BCUT2D eigenvalue weighted by atomic mass is 35.5. The molecule has 2 aromatic rings. The number of amides is 4. The predicted molar refractivity (Wildman–Crippen MR) is 98.8 cm³/mol. The zero-order valence-electron chi connectivity index (χ0n) is 14.7. The van der Waals surface area contributed by atoms with E-state index in [1.54, 1.807) is 18.2 Å². The molecule has 0 aliphatic carbocycles. The monoisotopic (exact) mass is 389 g/mol. The average molecular weight is 390 g/mol. The Balaban J connectivity index is 1.75. The van der Waals surface area contributed by atoms with Gasteiger partial charge in [0.1, 0.15) is 17.9 Å². The van der Waals surface area contributed by atoms with Crippen molar-refractivity contribution in [1.82, 2.24) is 10.2 Å². The number of hydrogen-bond acceptors (Lipinski definition) is 3. The number of halogens is 2. The highest BCUT2D eigenvalue weighted by molar-refractivity contribution is 6.33.